The molecule has 2 aromatic rings. The molecular weight excluding hydrogens is 434 g/mol. The number of ether oxygens (including phenoxy) is 1. The smallest absolute Gasteiger partial charge is 0.122 e. The first-order valence-corrected chi connectivity index (χ1v) is 12.5. The van der Waals surface area contributed by atoms with Crippen LogP contribution in [0, 0.1) is 10.8 Å². The predicted molar refractivity (Wildman–Crippen MR) is 146 cm³/mol. The number of likely N-dealkylation sites (N-methyl/N-ethyl adjacent to an activating group) is 1. The van der Waals surface area contributed by atoms with Gasteiger partial charge in [0.25, 0.3) is 0 Å². The second kappa shape index (κ2) is 12.2. The number of hydrogen-bond acceptors (Lipinski definition) is 5. The van der Waals surface area contributed by atoms with Gasteiger partial charge in [0, 0.05) is 74.5 Å². The maximum Gasteiger partial charge on any atom is 0.122 e. The second-order valence-corrected chi connectivity index (χ2v) is 11.1. The zero-order valence-corrected chi connectivity index (χ0v) is 22.4. The fraction of sp³-hybridized carbons (Fsp3) is 0.483. The number of aryl methyl sites for hydroxylation is 1. The minimum atomic E-state index is -0.0103. The minimum Gasteiger partial charge on any atom is -0.384 e. The summed E-state index contributed by atoms with van der Waals surface area (Å²) in [5.74, 6) is 1.07. The first-order valence-electron chi connectivity index (χ1n) is 12.5. The summed E-state index contributed by atoms with van der Waals surface area (Å²) in [4.78, 5) is 9.25. The fourth-order valence-electron chi connectivity index (χ4n) is 4.14. The number of hydrogen-bond donors (Lipinski definition) is 1. The molecule has 6 nitrogen and oxygen atoms in total. The van der Waals surface area contributed by atoms with E-state index in [0.717, 1.165) is 37.7 Å². The Bertz CT molecular complexity index is 1000. The Hall–Kier alpha value is -2.83. The first kappa shape index (κ1) is 26.8. The van der Waals surface area contributed by atoms with Crippen LogP contribution in [-0.4, -0.2) is 59.2 Å². The van der Waals surface area contributed by atoms with Crippen molar-refractivity contribution in [3.05, 3.63) is 84.8 Å². The highest BCUT2D eigenvalue weighted by molar-refractivity contribution is 5.42. The summed E-state index contributed by atoms with van der Waals surface area (Å²) in [6, 6.07) is 10.4. The monoisotopic (exact) mass is 477 g/mol. The Kier molecular flexibility index (Phi) is 9.35. The summed E-state index contributed by atoms with van der Waals surface area (Å²) < 4.78 is 8.41. The van der Waals surface area contributed by atoms with Gasteiger partial charge in [-0.25, -0.2) is 4.98 Å². The number of aromatic nitrogens is 2. The molecule has 0 bridgehead atoms. The minimum absolute atomic E-state index is 0.0103. The Morgan fingerprint density at radius 1 is 0.943 bits per heavy atom. The van der Waals surface area contributed by atoms with E-state index in [-0.39, 0.29) is 10.8 Å². The van der Waals surface area contributed by atoms with Crippen molar-refractivity contribution < 1.29 is 4.74 Å². The molecule has 1 aliphatic heterocycles. The molecular formula is C29H43N5O. The first-order chi connectivity index (χ1) is 16.6. The number of rotatable bonds is 13. The van der Waals surface area contributed by atoms with Gasteiger partial charge >= 0.3 is 0 Å². The normalized spacial score (nSPS) is 14.4. The van der Waals surface area contributed by atoms with E-state index in [0.29, 0.717) is 13.2 Å². The third kappa shape index (κ3) is 9.04. The molecule has 0 spiro atoms. The molecule has 0 saturated carbocycles. The molecule has 0 amide bonds. The molecule has 190 valence electrons. The number of benzene rings is 1. The van der Waals surface area contributed by atoms with Crippen molar-refractivity contribution in [1.82, 2.24) is 19.4 Å². The third-order valence-corrected chi connectivity index (χ3v) is 6.13. The summed E-state index contributed by atoms with van der Waals surface area (Å²) in [5, 5.41) is 3.53. The number of nitrogens with zero attached hydrogens (tertiary/aromatic N) is 4. The van der Waals surface area contributed by atoms with E-state index >= 15 is 0 Å². The Balaban J connectivity index is 1.57. The summed E-state index contributed by atoms with van der Waals surface area (Å²) in [5.41, 5.74) is 2.43. The van der Waals surface area contributed by atoms with E-state index in [2.05, 4.69) is 121 Å². The van der Waals surface area contributed by atoms with E-state index in [9.17, 15) is 0 Å². The molecule has 3 rings (SSSR count). The van der Waals surface area contributed by atoms with E-state index in [4.69, 9.17) is 4.74 Å². The highest BCUT2D eigenvalue weighted by atomic mass is 16.5. The van der Waals surface area contributed by atoms with Gasteiger partial charge in [0.15, 0.2) is 0 Å². The van der Waals surface area contributed by atoms with Crippen LogP contribution < -0.4 is 5.32 Å². The SMILES string of the molecule is CN1C=CC=CC=C1CN(Cc1nccn1C)CC(C)(C)COCC(C)(C)CNc1ccccc1. The average Bonchev–Trinajstić information content (AvgIpc) is 3.09. The van der Waals surface area contributed by atoms with Gasteiger partial charge in [-0.15, -0.1) is 0 Å². The summed E-state index contributed by atoms with van der Waals surface area (Å²) in [6.07, 6.45) is 14.4. The van der Waals surface area contributed by atoms with Gasteiger partial charge in [0.05, 0.1) is 19.8 Å². The quantitative estimate of drug-likeness (QED) is 0.424. The topological polar surface area (TPSA) is 45.6 Å². The summed E-state index contributed by atoms with van der Waals surface area (Å²) in [7, 11) is 4.16. The van der Waals surface area contributed by atoms with Gasteiger partial charge in [-0.2, -0.15) is 0 Å². The lowest BCUT2D eigenvalue weighted by Gasteiger charge is -2.35. The van der Waals surface area contributed by atoms with Crippen LogP contribution in [0.2, 0.25) is 0 Å². The number of allylic oxidation sites excluding steroid dienone is 4. The van der Waals surface area contributed by atoms with Crippen molar-refractivity contribution >= 4 is 5.69 Å². The lowest BCUT2D eigenvalue weighted by molar-refractivity contribution is 0.00483. The molecule has 0 saturated heterocycles. The summed E-state index contributed by atoms with van der Waals surface area (Å²) >= 11 is 0. The fourth-order valence-corrected chi connectivity index (χ4v) is 4.14. The molecule has 35 heavy (non-hydrogen) atoms. The van der Waals surface area contributed by atoms with Crippen molar-refractivity contribution in [2.45, 2.75) is 34.2 Å². The maximum absolute atomic E-state index is 6.31. The van der Waals surface area contributed by atoms with Crippen LogP contribution in [0.3, 0.4) is 0 Å². The van der Waals surface area contributed by atoms with Crippen LogP contribution in [0.5, 0.6) is 0 Å². The molecule has 0 unspecified atom stereocenters. The molecule has 0 radical (unpaired) electrons. The van der Waals surface area contributed by atoms with Crippen molar-refractivity contribution in [3.8, 4) is 0 Å². The van der Waals surface area contributed by atoms with Gasteiger partial charge in [-0.05, 0) is 24.3 Å². The van der Waals surface area contributed by atoms with Gasteiger partial charge < -0.3 is 19.5 Å². The predicted octanol–water partition coefficient (Wildman–Crippen LogP) is 5.30. The highest BCUT2D eigenvalue weighted by Crippen LogP contribution is 2.23. The zero-order chi connectivity index (χ0) is 25.3. The molecule has 0 aliphatic carbocycles. The third-order valence-electron chi connectivity index (χ3n) is 6.13. The largest absolute Gasteiger partial charge is 0.384 e. The van der Waals surface area contributed by atoms with Crippen LogP contribution in [0.4, 0.5) is 5.69 Å². The maximum atomic E-state index is 6.31. The van der Waals surface area contributed by atoms with Crippen LogP contribution in [0.25, 0.3) is 0 Å². The summed E-state index contributed by atoms with van der Waals surface area (Å²) in [6.45, 7) is 13.9. The Morgan fingerprint density at radius 3 is 2.40 bits per heavy atom. The van der Waals surface area contributed by atoms with Gasteiger partial charge in [-0.3, -0.25) is 4.90 Å². The zero-order valence-electron chi connectivity index (χ0n) is 22.4. The van der Waals surface area contributed by atoms with Gasteiger partial charge in [-0.1, -0.05) is 58.0 Å². The lowest BCUT2D eigenvalue weighted by Crippen LogP contribution is -2.40. The second-order valence-electron chi connectivity index (χ2n) is 11.1. The lowest BCUT2D eigenvalue weighted by atomic mass is 9.92. The molecule has 1 aliphatic rings. The average molecular weight is 478 g/mol. The standard InChI is InChI=1S/C29H43N5O/c1-28(2,21-31-25-13-9-7-10-14-25)23-35-24-29(3,4)22-34(20-27-30-16-18-33(27)6)19-26-15-11-8-12-17-32(26)5/h7-18,31H,19-24H2,1-6H3. The molecule has 6 heteroatoms. The molecule has 1 N–H and O–H groups in total. The van der Waals surface area contributed by atoms with E-state index in [1.165, 1.54) is 5.70 Å². The van der Waals surface area contributed by atoms with E-state index < -0.39 is 0 Å². The van der Waals surface area contributed by atoms with Crippen LogP contribution >= 0.6 is 0 Å². The van der Waals surface area contributed by atoms with Gasteiger partial charge in [0.1, 0.15) is 5.82 Å². The number of imidazole rings is 1. The van der Waals surface area contributed by atoms with Crippen LogP contribution in [0.1, 0.15) is 33.5 Å². The molecule has 0 fully saturated rings. The van der Waals surface area contributed by atoms with E-state index in [1.807, 2.05) is 18.5 Å². The number of para-hydroxylation sites is 1. The molecule has 1 aromatic carbocycles. The van der Waals surface area contributed by atoms with Crippen molar-refractivity contribution in [1.29, 1.82) is 0 Å². The molecule has 1 aromatic heterocycles. The Morgan fingerprint density at radius 2 is 1.69 bits per heavy atom. The van der Waals surface area contributed by atoms with Crippen molar-refractivity contribution in [2.24, 2.45) is 17.9 Å². The molecule has 2 heterocycles. The van der Waals surface area contributed by atoms with Crippen LogP contribution in [-0.2, 0) is 18.3 Å². The number of nitrogens with one attached hydrogen (secondary N) is 1. The van der Waals surface area contributed by atoms with Crippen LogP contribution in [0.15, 0.2) is 78.9 Å². The molecule has 0 atom stereocenters. The van der Waals surface area contributed by atoms with Crippen molar-refractivity contribution in [2.75, 3.05) is 45.2 Å². The van der Waals surface area contributed by atoms with Gasteiger partial charge in [0.2, 0.25) is 0 Å². The number of anilines is 1. The van der Waals surface area contributed by atoms with Crippen molar-refractivity contribution in [3.63, 3.8) is 0 Å². The Labute approximate surface area is 212 Å². The highest BCUT2D eigenvalue weighted by Gasteiger charge is 2.26. The van der Waals surface area contributed by atoms with E-state index in [1.54, 1.807) is 0 Å².